The molecule has 0 radical (unpaired) electrons. The number of hydrogen-bond donors (Lipinski definition) is 0. The topological polar surface area (TPSA) is 43.9 Å². The van der Waals surface area contributed by atoms with Gasteiger partial charge >= 0.3 is 0 Å². The van der Waals surface area contributed by atoms with Crippen LogP contribution >= 0.6 is 0 Å². The first-order chi connectivity index (χ1) is 25.0. The van der Waals surface area contributed by atoms with Gasteiger partial charge in [-0.3, -0.25) is 0 Å². The third kappa shape index (κ3) is 3.96. The van der Waals surface area contributed by atoms with Crippen LogP contribution in [0.2, 0.25) is 0 Å². The highest BCUT2D eigenvalue weighted by Gasteiger charge is 2.36. The van der Waals surface area contributed by atoms with Gasteiger partial charge < -0.3 is 8.98 Å². The molecule has 3 heterocycles. The van der Waals surface area contributed by atoms with Gasteiger partial charge in [0.05, 0.1) is 22.2 Å². The maximum atomic E-state index is 6.52. The molecule has 0 atom stereocenters. The van der Waals surface area contributed by atoms with E-state index in [2.05, 4.69) is 140 Å². The van der Waals surface area contributed by atoms with Crippen LogP contribution in [0.15, 0.2) is 156 Å². The van der Waals surface area contributed by atoms with Crippen LogP contribution in [0.4, 0.5) is 0 Å². The monoisotopic (exact) mass is 653 g/mol. The number of para-hydroxylation sites is 2. The molecule has 4 nitrogen and oxygen atoms in total. The van der Waals surface area contributed by atoms with Gasteiger partial charge in [0, 0.05) is 49.2 Å². The van der Waals surface area contributed by atoms with E-state index in [4.69, 9.17) is 14.4 Å². The van der Waals surface area contributed by atoms with Gasteiger partial charge in [0.15, 0.2) is 5.82 Å². The zero-order chi connectivity index (χ0) is 33.8. The van der Waals surface area contributed by atoms with Crippen LogP contribution in [0.3, 0.4) is 0 Å². The summed E-state index contributed by atoms with van der Waals surface area (Å²) >= 11 is 0. The van der Waals surface area contributed by atoms with Crippen molar-refractivity contribution in [2.45, 2.75) is 19.3 Å². The zero-order valence-corrected chi connectivity index (χ0v) is 28.2. The van der Waals surface area contributed by atoms with E-state index in [-0.39, 0.29) is 5.41 Å². The molecule has 240 valence electrons. The van der Waals surface area contributed by atoms with Gasteiger partial charge in [-0.1, -0.05) is 117 Å². The molecule has 0 amide bonds. The van der Waals surface area contributed by atoms with E-state index in [1.807, 2.05) is 30.3 Å². The summed E-state index contributed by atoms with van der Waals surface area (Å²) in [6.07, 6.45) is 0. The predicted molar refractivity (Wildman–Crippen MR) is 210 cm³/mol. The van der Waals surface area contributed by atoms with Crippen LogP contribution in [0, 0.1) is 0 Å². The van der Waals surface area contributed by atoms with E-state index in [1.165, 1.54) is 44.1 Å². The van der Waals surface area contributed by atoms with E-state index in [1.54, 1.807) is 0 Å². The van der Waals surface area contributed by atoms with Gasteiger partial charge in [0.25, 0.3) is 0 Å². The molecule has 1 aliphatic rings. The maximum absolute atomic E-state index is 6.52. The molecule has 0 saturated carbocycles. The van der Waals surface area contributed by atoms with E-state index in [0.717, 1.165) is 55.3 Å². The lowest BCUT2D eigenvalue weighted by Gasteiger charge is -2.21. The lowest BCUT2D eigenvalue weighted by atomic mass is 9.82. The average Bonchev–Trinajstić information content (AvgIpc) is 3.79. The summed E-state index contributed by atoms with van der Waals surface area (Å²) in [5.74, 6) is 0.681. The first-order valence-corrected chi connectivity index (χ1v) is 17.5. The van der Waals surface area contributed by atoms with Gasteiger partial charge in [0.2, 0.25) is 0 Å². The fourth-order valence-electron chi connectivity index (χ4n) is 8.59. The molecular formula is C47H31N3O. The smallest absolute Gasteiger partial charge is 0.161 e. The Balaban J connectivity index is 1.17. The van der Waals surface area contributed by atoms with Crippen molar-refractivity contribution in [3.8, 4) is 39.5 Å². The van der Waals surface area contributed by atoms with Crippen molar-refractivity contribution in [2.75, 3.05) is 0 Å². The highest BCUT2D eigenvalue weighted by Crippen LogP contribution is 2.51. The predicted octanol–water partition coefficient (Wildman–Crippen LogP) is 12.3. The van der Waals surface area contributed by atoms with Gasteiger partial charge in [-0.25, -0.2) is 9.97 Å². The number of aromatic nitrogens is 3. The molecule has 0 spiro atoms. The quantitative estimate of drug-likeness (QED) is 0.191. The normalized spacial score (nSPS) is 13.5. The molecule has 0 aliphatic heterocycles. The third-order valence-corrected chi connectivity index (χ3v) is 11.0. The van der Waals surface area contributed by atoms with Crippen LogP contribution in [-0.4, -0.2) is 14.5 Å². The summed E-state index contributed by atoms with van der Waals surface area (Å²) in [5.41, 5.74) is 14.3. The van der Waals surface area contributed by atoms with Crippen molar-refractivity contribution < 1.29 is 4.42 Å². The minimum atomic E-state index is -0.0977. The van der Waals surface area contributed by atoms with Crippen molar-refractivity contribution >= 4 is 54.6 Å². The van der Waals surface area contributed by atoms with E-state index >= 15 is 0 Å². The third-order valence-electron chi connectivity index (χ3n) is 11.0. The molecule has 1 aliphatic carbocycles. The lowest BCUT2D eigenvalue weighted by molar-refractivity contribution is 0.661. The molecule has 7 aromatic carbocycles. The van der Waals surface area contributed by atoms with Crippen molar-refractivity contribution in [3.63, 3.8) is 0 Å². The van der Waals surface area contributed by atoms with Crippen LogP contribution in [-0.2, 0) is 5.41 Å². The van der Waals surface area contributed by atoms with Crippen molar-refractivity contribution in [3.05, 3.63) is 163 Å². The first-order valence-electron chi connectivity index (χ1n) is 17.5. The Morgan fingerprint density at radius 2 is 1.27 bits per heavy atom. The summed E-state index contributed by atoms with van der Waals surface area (Å²) < 4.78 is 8.94. The van der Waals surface area contributed by atoms with Gasteiger partial charge in [-0.2, -0.15) is 0 Å². The second kappa shape index (κ2) is 10.3. The Morgan fingerprint density at radius 1 is 0.510 bits per heavy atom. The highest BCUT2D eigenvalue weighted by atomic mass is 16.3. The standard InChI is InChI=1S/C47H31N3O/c1-47(2)37-19-9-6-15-30(37)34-26-35-31-16-8-11-21-40(31)50(41(35)27-38(34)47)29-23-24-42-36(25-29)44-33(18-12-22-43(44)51-42)46-48-39-20-10-7-17-32(39)45(49-46)28-13-4-3-5-14-28/h3-27H,1-2H3. The largest absolute Gasteiger partial charge is 0.456 e. The van der Waals surface area contributed by atoms with Crippen LogP contribution in [0.1, 0.15) is 25.0 Å². The summed E-state index contributed by atoms with van der Waals surface area (Å²) in [7, 11) is 0. The minimum Gasteiger partial charge on any atom is -0.456 e. The minimum absolute atomic E-state index is 0.0977. The maximum Gasteiger partial charge on any atom is 0.161 e. The van der Waals surface area contributed by atoms with Crippen LogP contribution in [0.5, 0.6) is 0 Å². The van der Waals surface area contributed by atoms with Gasteiger partial charge in [-0.15, -0.1) is 0 Å². The molecule has 51 heavy (non-hydrogen) atoms. The second-order valence-corrected chi connectivity index (χ2v) is 14.2. The highest BCUT2D eigenvalue weighted by molar-refractivity contribution is 6.14. The SMILES string of the molecule is CC1(C)c2ccccc2-c2cc3c4ccccc4n(-c4ccc5oc6cccc(-c7nc(-c8ccccc8)c8ccccc8n7)c6c5c4)c3cc21. The zero-order valence-electron chi connectivity index (χ0n) is 28.2. The Morgan fingerprint density at radius 3 is 2.18 bits per heavy atom. The fourth-order valence-corrected chi connectivity index (χ4v) is 8.59. The molecule has 10 aromatic rings. The van der Waals surface area contributed by atoms with Crippen LogP contribution in [0.25, 0.3) is 94.1 Å². The van der Waals surface area contributed by atoms with E-state index in [9.17, 15) is 0 Å². The van der Waals surface area contributed by atoms with Gasteiger partial charge in [0.1, 0.15) is 11.2 Å². The number of furan rings is 1. The summed E-state index contributed by atoms with van der Waals surface area (Å²) in [4.78, 5) is 10.4. The fraction of sp³-hybridized carbons (Fsp3) is 0.0638. The molecule has 0 saturated heterocycles. The Hall–Kier alpha value is -6.52. The van der Waals surface area contributed by atoms with Gasteiger partial charge in [-0.05, 0) is 70.8 Å². The number of benzene rings is 7. The molecule has 0 fully saturated rings. The number of hydrogen-bond acceptors (Lipinski definition) is 3. The second-order valence-electron chi connectivity index (χ2n) is 14.2. The molecule has 11 rings (SSSR count). The molecular weight excluding hydrogens is 623 g/mol. The Kier molecular flexibility index (Phi) is 5.70. The van der Waals surface area contributed by atoms with Crippen molar-refractivity contribution in [1.29, 1.82) is 0 Å². The number of fused-ring (bicyclic) bond motifs is 10. The molecule has 0 bridgehead atoms. The Labute approximate surface area is 294 Å². The molecule has 0 N–H and O–H groups in total. The van der Waals surface area contributed by atoms with E-state index in [0.29, 0.717) is 5.82 Å². The summed E-state index contributed by atoms with van der Waals surface area (Å²) in [5, 5.41) is 5.59. The van der Waals surface area contributed by atoms with Crippen molar-refractivity contribution in [1.82, 2.24) is 14.5 Å². The van der Waals surface area contributed by atoms with E-state index < -0.39 is 0 Å². The summed E-state index contributed by atoms with van der Waals surface area (Å²) in [6, 6.07) is 53.9. The molecule has 0 unspecified atom stereocenters. The van der Waals surface area contributed by atoms with Crippen molar-refractivity contribution in [2.24, 2.45) is 0 Å². The lowest BCUT2D eigenvalue weighted by Crippen LogP contribution is -2.14. The first kappa shape index (κ1) is 28.3. The van der Waals surface area contributed by atoms with Crippen LogP contribution < -0.4 is 0 Å². The summed E-state index contributed by atoms with van der Waals surface area (Å²) in [6.45, 7) is 4.69. The number of rotatable bonds is 3. The average molecular weight is 654 g/mol. The Bertz CT molecular complexity index is 3060. The molecule has 4 heteroatoms. The number of nitrogens with zero attached hydrogens (tertiary/aromatic N) is 3. The molecule has 3 aromatic heterocycles.